The van der Waals surface area contributed by atoms with E-state index in [4.69, 9.17) is 47.6 Å². The Bertz CT molecular complexity index is 8110. The molecule has 530 valence electrons. The lowest BCUT2D eigenvalue weighted by atomic mass is 10.0. The molecule has 0 aliphatic rings. The summed E-state index contributed by atoms with van der Waals surface area (Å²) in [5.41, 5.74) is 23.3. The summed E-state index contributed by atoms with van der Waals surface area (Å²) in [6.45, 7) is 0. The Balaban J connectivity index is 0.634. The van der Waals surface area contributed by atoms with Gasteiger partial charge < -0.3 is 26.8 Å². The summed E-state index contributed by atoms with van der Waals surface area (Å²) in [4.78, 5) is 32.2. The van der Waals surface area contributed by atoms with Crippen molar-refractivity contribution >= 4 is 131 Å². The summed E-state index contributed by atoms with van der Waals surface area (Å²) in [6.07, 6.45) is 0. The highest BCUT2D eigenvalue weighted by Gasteiger charge is 2.27. The predicted molar refractivity (Wildman–Crippen MR) is 460 cm³/mol. The van der Waals surface area contributed by atoms with Gasteiger partial charge in [-0.3, -0.25) is 0 Å². The average molecular weight is 1460 g/mol. The lowest BCUT2D eigenvalue weighted by Crippen LogP contribution is -2.00. The van der Waals surface area contributed by atoms with Crippen molar-refractivity contribution in [2.45, 2.75) is 0 Å². The second kappa shape index (κ2) is 24.9. The zero-order valence-electron chi connectivity index (χ0n) is 60.7. The molecule has 24 rings (SSSR count). The molecule has 8 heterocycles. The number of fused-ring (bicyclic) bond motifs is 20. The molecule has 0 radical (unpaired) electrons. The van der Waals surface area contributed by atoms with Gasteiger partial charge in [0, 0.05) is 115 Å². The first-order valence-electron chi connectivity index (χ1n) is 38.1. The summed E-state index contributed by atoms with van der Waals surface area (Å²) in [7, 11) is 0. The molecule has 12 nitrogen and oxygen atoms in total. The van der Waals surface area contributed by atoms with Gasteiger partial charge in [0.1, 0.15) is 33.5 Å². The van der Waals surface area contributed by atoms with Gasteiger partial charge in [0.15, 0.2) is 46.1 Å². The van der Waals surface area contributed by atoms with Gasteiger partial charge in [0.2, 0.25) is 0 Å². The van der Waals surface area contributed by atoms with Gasteiger partial charge >= 0.3 is 0 Å². The number of nitrogens with zero attached hydrogens (tertiary/aromatic N) is 8. The van der Waals surface area contributed by atoms with Crippen molar-refractivity contribution in [1.82, 2.24) is 39.0 Å². The molecule has 114 heavy (non-hydrogen) atoms. The normalized spacial score (nSPS) is 12.0. The van der Waals surface area contributed by atoms with Gasteiger partial charge in [-0.25, -0.2) is 29.9 Å². The predicted octanol–water partition coefficient (Wildman–Crippen LogP) is 26.9. The number of rotatable bonds is 11. The van der Waals surface area contributed by atoms with E-state index in [2.05, 4.69) is 294 Å². The maximum Gasteiger partial charge on any atom is 0.164 e. The van der Waals surface area contributed by atoms with Crippen LogP contribution in [0.3, 0.4) is 0 Å². The maximum atomic E-state index is 7.25. The van der Waals surface area contributed by atoms with Crippen LogP contribution < -0.4 is 0 Å². The van der Waals surface area contributed by atoms with Crippen molar-refractivity contribution in [1.29, 1.82) is 0 Å². The number of aromatic nitrogens is 8. The Morgan fingerprint density at radius 2 is 0.553 bits per heavy atom. The third kappa shape index (κ3) is 9.90. The molecule has 0 bridgehead atoms. The fourth-order valence-corrected chi connectivity index (χ4v) is 17.4. The molecular weight excluding hydrogens is 1400 g/mol. The smallest absolute Gasteiger partial charge is 0.164 e. The lowest BCUT2D eigenvalue weighted by Gasteiger charge is -2.11. The van der Waals surface area contributed by atoms with Crippen LogP contribution in [0.15, 0.2) is 370 Å². The molecule has 0 fully saturated rings. The van der Waals surface area contributed by atoms with E-state index in [1.807, 2.05) is 66.7 Å². The van der Waals surface area contributed by atoms with Crippen LogP contribution in [0.1, 0.15) is 0 Å². The van der Waals surface area contributed by atoms with Crippen molar-refractivity contribution in [2.75, 3.05) is 0 Å². The van der Waals surface area contributed by atoms with Gasteiger partial charge in [0.05, 0.1) is 22.1 Å². The molecule has 0 spiro atoms. The molecule has 0 amide bonds. The molecule has 0 saturated carbocycles. The van der Waals surface area contributed by atoms with Crippen LogP contribution >= 0.6 is 0 Å². The van der Waals surface area contributed by atoms with Crippen molar-refractivity contribution in [2.24, 2.45) is 0 Å². The van der Waals surface area contributed by atoms with E-state index in [9.17, 15) is 0 Å². The summed E-state index contributed by atoms with van der Waals surface area (Å²) in [6, 6.07) is 122. The van der Waals surface area contributed by atoms with E-state index < -0.39 is 0 Å². The van der Waals surface area contributed by atoms with Gasteiger partial charge in [-0.05, 0) is 125 Å². The summed E-state index contributed by atoms with van der Waals surface area (Å²) in [5, 5.41) is 12.1. The Labute approximate surface area is 649 Å². The molecule has 12 heteroatoms. The van der Waals surface area contributed by atoms with Gasteiger partial charge in [-0.15, -0.1) is 0 Å². The Kier molecular flexibility index (Phi) is 13.8. The minimum absolute atomic E-state index is 0.498. The van der Waals surface area contributed by atoms with E-state index in [1.54, 1.807) is 0 Å². The second-order valence-electron chi connectivity index (χ2n) is 29.1. The Hall–Kier alpha value is -15.7. The molecule has 0 aliphatic carbocycles. The van der Waals surface area contributed by atoms with Crippen LogP contribution in [-0.2, 0) is 0 Å². The second-order valence-corrected chi connectivity index (χ2v) is 29.1. The third-order valence-electron chi connectivity index (χ3n) is 22.7. The Morgan fingerprint density at radius 1 is 0.184 bits per heavy atom. The van der Waals surface area contributed by atoms with Gasteiger partial charge in [-0.2, -0.15) is 0 Å². The molecule has 8 aromatic heterocycles. The summed E-state index contributed by atoms with van der Waals surface area (Å²) < 4.78 is 32.6. The van der Waals surface area contributed by atoms with Crippen LogP contribution in [0.2, 0.25) is 0 Å². The molecule has 0 atom stereocenters. The SMILES string of the molecule is c1ccc(-c2ccc(-c3nc(-c4ccc5c(c4)oc4c(-c6cccc(-n7c8ccccc8c8ccc9c(oc%10cccc(-c%11nc(-c%12cccc(-c%13ccccc%13)c%12)nc(-c%12ccc%13c(c%12)oc%12ccccc%12%13)n%11)c%109)c87)c6)cccc45)nc(-c4cccc5oc6c(ccc7c8ccccc8n(-c8ccccc8)c76)c45)n3)cc2)cc1. The highest BCUT2D eigenvalue weighted by Crippen LogP contribution is 2.48. The van der Waals surface area contributed by atoms with E-state index >= 15 is 0 Å². The van der Waals surface area contributed by atoms with Crippen LogP contribution in [0, 0.1) is 0 Å². The minimum atomic E-state index is 0.498. The van der Waals surface area contributed by atoms with Crippen molar-refractivity contribution in [3.05, 3.63) is 352 Å². The highest BCUT2D eigenvalue weighted by atomic mass is 16.3. The maximum absolute atomic E-state index is 7.25. The van der Waals surface area contributed by atoms with E-state index in [-0.39, 0.29) is 0 Å². The largest absolute Gasteiger partial charge is 0.456 e. The van der Waals surface area contributed by atoms with E-state index in [1.165, 1.54) is 0 Å². The van der Waals surface area contributed by atoms with Crippen molar-refractivity contribution < 1.29 is 17.7 Å². The number of para-hydroxylation sites is 5. The first kappa shape index (κ1) is 63.3. The molecule has 0 N–H and O–H groups in total. The standard InChI is InChI=1S/C102H58N8O4/c1-4-21-59(22-5-1)61-43-45-62(46-44-61)97-103-99(107-101(105-97)81-36-19-41-86-90(81)79-53-51-76-71-31-10-13-38-83(71)109(92(76)95(79)112-86)68-28-8-3-9-29-68)67-48-50-75-78-35-18-34-70(94(78)114-89(75)58-67)64-26-17-30-69(56-64)110-84-39-14-11-32-72(84)77-52-54-80-91-82(37-20-42-87(91)113-96(80)93(77)110)102-106-98(65-27-16-25-63(55-65)60-23-6-2-7-24-60)104-100(108-102)66-47-49-74-73-33-12-15-40-85(73)111-88(74)57-66/h1-58H. The van der Waals surface area contributed by atoms with Crippen LogP contribution in [-0.4, -0.2) is 39.0 Å². The van der Waals surface area contributed by atoms with E-state index in [0.717, 1.165) is 198 Å². The minimum Gasteiger partial charge on any atom is -0.456 e. The average Bonchev–Trinajstić information content (AvgIpc) is 1.56. The number of hydrogen-bond donors (Lipinski definition) is 0. The number of furan rings is 4. The molecule has 24 aromatic rings. The van der Waals surface area contributed by atoms with Crippen molar-refractivity contribution in [3.63, 3.8) is 0 Å². The molecular formula is C102H58N8O4. The van der Waals surface area contributed by atoms with Crippen LogP contribution in [0.25, 0.3) is 244 Å². The molecule has 16 aromatic carbocycles. The number of benzene rings is 16. The Morgan fingerprint density at radius 3 is 1.18 bits per heavy atom. The molecule has 0 aliphatic heterocycles. The summed E-state index contributed by atoms with van der Waals surface area (Å²) >= 11 is 0. The fourth-order valence-electron chi connectivity index (χ4n) is 17.4. The number of hydrogen-bond acceptors (Lipinski definition) is 10. The van der Waals surface area contributed by atoms with Crippen LogP contribution in [0.5, 0.6) is 0 Å². The third-order valence-corrected chi connectivity index (χ3v) is 22.7. The monoisotopic (exact) mass is 1460 g/mol. The van der Waals surface area contributed by atoms with E-state index in [0.29, 0.717) is 46.1 Å². The fraction of sp³-hybridized carbons (Fsp3) is 0. The first-order valence-corrected chi connectivity index (χ1v) is 38.1. The first-order chi connectivity index (χ1) is 56.5. The molecule has 0 saturated heterocycles. The van der Waals surface area contributed by atoms with Crippen LogP contribution in [0.4, 0.5) is 0 Å². The topological polar surface area (TPSA) is 140 Å². The highest BCUT2D eigenvalue weighted by molar-refractivity contribution is 6.25. The molecule has 0 unspecified atom stereocenters. The van der Waals surface area contributed by atoms with Crippen molar-refractivity contribution in [3.8, 4) is 113 Å². The van der Waals surface area contributed by atoms with Gasteiger partial charge in [-0.1, -0.05) is 255 Å². The zero-order valence-corrected chi connectivity index (χ0v) is 60.7. The lowest BCUT2D eigenvalue weighted by molar-refractivity contribution is 0.669. The van der Waals surface area contributed by atoms with Gasteiger partial charge in [0.25, 0.3) is 0 Å². The summed E-state index contributed by atoms with van der Waals surface area (Å²) in [5.74, 6) is 3.11. The quantitative estimate of drug-likeness (QED) is 0.123. The zero-order chi connectivity index (χ0) is 74.6.